The molecule has 20 heavy (non-hydrogen) atoms. The van der Waals surface area contributed by atoms with Crippen molar-refractivity contribution in [3.05, 3.63) is 38.8 Å². The third-order valence-electron chi connectivity index (χ3n) is 2.18. The second kappa shape index (κ2) is 6.08. The smallest absolute Gasteiger partial charge is 0.290 e. The molecule has 0 aliphatic heterocycles. The number of hydrogen-bond donors (Lipinski definition) is 3. The maximum atomic E-state index is 11.6. The van der Waals surface area contributed by atoms with Gasteiger partial charge in [-0.1, -0.05) is 23.2 Å². The number of halogens is 2. The number of nitrogens with zero attached hydrogens (tertiary/aromatic N) is 2. The van der Waals surface area contributed by atoms with Crippen molar-refractivity contribution in [2.75, 3.05) is 5.73 Å². The van der Waals surface area contributed by atoms with E-state index in [1.165, 1.54) is 23.7 Å². The molecule has 1 aromatic heterocycles. The lowest BCUT2D eigenvalue weighted by molar-refractivity contribution is 0.0951. The predicted molar refractivity (Wildman–Crippen MR) is 79.7 cm³/mol. The second-order valence-electron chi connectivity index (χ2n) is 3.60. The number of rotatable bonds is 3. The highest BCUT2D eigenvalue weighted by Gasteiger charge is 2.09. The molecule has 2 rings (SSSR count). The summed E-state index contributed by atoms with van der Waals surface area (Å²) >= 11 is 12.7. The van der Waals surface area contributed by atoms with E-state index in [0.29, 0.717) is 10.2 Å². The number of thiazole rings is 1. The summed E-state index contributed by atoms with van der Waals surface area (Å²) in [7, 11) is 0. The molecule has 0 atom stereocenters. The number of carbonyl (C=O) groups is 1. The van der Waals surface area contributed by atoms with E-state index in [2.05, 4.69) is 15.5 Å². The van der Waals surface area contributed by atoms with Gasteiger partial charge < -0.3 is 10.8 Å². The summed E-state index contributed by atoms with van der Waals surface area (Å²) in [5.74, 6) is -0.686. The van der Waals surface area contributed by atoms with Crippen molar-refractivity contribution in [2.24, 2.45) is 5.10 Å². The predicted octanol–water partition coefficient (Wildman–Crippen LogP) is 2.50. The van der Waals surface area contributed by atoms with Crippen molar-refractivity contribution in [3.8, 4) is 5.75 Å². The third-order valence-corrected chi connectivity index (χ3v) is 3.36. The zero-order chi connectivity index (χ0) is 14.7. The molecule has 4 N–H and O–H groups in total. The Morgan fingerprint density at radius 3 is 2.90 bits per heavy atom. The standard InChI is InChI=1S/C11H8Cl2N4O2S/c12-6-1-5(9(18)7(13)2-6)3-15-17-10(19)8-4-20-11(14)16-8/h1-4,18H,(H2,14,16)(H,17,19)/b15-3+. The Kier molecular flexibility index (Phi) is 4.43. The maximum Gasteiger partial charge on any atom is 0.290 e. The molecular weight excluding hydrogens is 323 g/mol. The summed E-state index contributed by atoms with van der Waals surface area (Å²) in [5, 5.41) is 15.6. The van der Waals surface area contributed by atoms with Gasteiger partial charge in [-0.25, -0.2) is 10.4 Å². The highest BCUT2D eigenvalue weighted by molar-refractivity contribution is 7.13. The van der Waals surface area contributed by atoms with Gasteiger partial charge in [-0.2, -0.15) is 5.10 Å². The first-order valence-corrected chi connectivity index (χ1v) is 6.83. The molecule has 0 spiro atoms. The molecule has 0 radical (unpaired) electrons. The molecule has 0 aliphatic carbocycles. The van der Waals surface area contributed by atoms with Crippen LogP contribution in [0.1, 0.15) is 16.1 Å². The minimum absolute atomic E-state index is 0.0950. The summed E-state index contributed by atoms with van der Waals surface area (Å²) in [6.45, 7) is 0. The molecule has 1 aromatic carbocycles. The summed E-state index contributed by atoms with van der Waals surface area (Å²) < 4.78 is 0. The molecule has 6 nitrogen and oxygen atoms in total. The van der Waals surface area contributed by atoms with Crippen LogP contribution in [-0.2, 0) is 0 Å². The molecule has 0 saturated carbocycles. The van der Waals surface area contributed by atoms with E-state index in [0.717, 1.165) is 11.3 Å². The van der Waals surface area contributed by atoms with Crippen LogP contribution in [-0.4, -0.2) is 22.2 Å². The fourth-order valence-electron chi connectivity index (χ4n) is 1.29. The zero-order valence-electron chi connectivity index (χ0n) is 9.80. The highest BCUT2D eigenvalue weighted by atomic mass is 35.5. The number of nitrogens with one attached hydrogen (secondary N) is 1. The van der Waals surface area contributed by atoms with E-state index in [-0.39, 0.29) is 22.0 Å². The fraction of sp³-hybridized carbons (Fsp3) is 0. The van der Waals surface area contributed by atoms with E-state index >= 15 is 0 Å². The first-order chi connectivity index (χ1) is 9.47. The number of nitrogens with two attached hydrogens (primary N) is 1. The van der Waals surface area contributed by atoms with Gasteiger partial charge >= 0.3 is 0 Å². The van der Waals surface area contributed by atoms with E-state index in [1.807, 2.05) is 0 Å². The van der Waals surface area contributed by atoms with Crippen molar-refractivity contribution in [1.29, 1.82) is 0 Å². The number of nitrogen functional groups attached to an aromatic ring is 1. The van der Waals surface area contributed by atoms with Crippen molar-refractivity contribution in [1.82, 2.24) is 10.4 Å². The molecule has 9 heteroatoms. The molecular formula is C11H8Cl2N4O2S. The highest BCUT2D eigenvalue weighted by Crippen LogP contribution is 2.29. The molecule has 0 bridgehead atoms. The monoisotopic (exact) mass is 330 g/mol. The van der Waals surface area contributed by atoms with Gasteiger partial charge in [0.15, 0.2) is 5.13 Å². The van der Waals surface area contributed by atoms with Gasteiger partial charge in [0.2, 0.25) is 0 Å². The van der Waals surface area contributed by atoms with Crippen LogP contribution >= 0.6 is 34.5 Å². The Morgan fingerprint density at radius 1 is 1.50 bits per heavy atom. The molecule has 104 valence electrons. The van der Waals surface area contributed by atoms with Gasteiger partial charge in [-0.15, -0.1) is 11.3 Å². The van der Waals surface area contributed by atoms with E-state index < -0.39 is 5.91 Å². The molecule has 0 fully saturated rings. The quantitative estimate of drug-likeness (QED) is 0.594. The lowest BCUT2D eigenvalue weighted by Gasteiger charge is -2.02. The van der Waals surface area contributed by atoms with Crippen LogP contribution in [0.2, 0.25) is 10.0 Å². The minimum Gasteiger partial charge on any atom is -0.506 e. The summed E-state index contributed by atoms with van der Waals surface area (Å²) in [5.41, 5.74) is 8.11. The normalized spacial score (nSPS) is 10.9. The van der Waals surface area contributed by atoms with Gasteiger partial charge in [-0.3, -0.25) is 4.79 Å². The molecule has 0 unspecified atom stereocenters. The maximum absolute atomic E-state index is 11.6. The first-order valence-electron chi connectivity index (χ1n) is 5.20. The molecule has 0 aliphatic rings. The second-order valence-corrected chi connectivity index (χ2v) is 5.33. The summed E-state index contributed by atoms with van der Waals surface area (Å²) in [6, 6.07) is 2.85. The Balaban J connectivity index is 2.09. The number of phenols is 1. The minimum atomic E-state index is -0.512. The number of phenolic OH excluding ortho intramolecular Hbond substituents is 1. The Bertz CT molecular complexity index is 687. The number of benzene rings is 1. The Morgan fingerprint density at radius 2 is 2.25 bits per heavy atom. The van der Waals surface area contributed by atoms with Crippen LogP contribution in [0.4, 0.5) is 5.13 Å². The van der Waals surface area contributed by atoms with Crippen LogP contribution in [0.5, 0.6) is 5.75 Å². The Hall–Kier alpha value is -1.83. The van der Waals surface area contributed by atoms with E-state index in [4.69, 9.17) is 28.9 Å². The van der Waals surface area contributed by atoms with E-state index in [1.54, 1.807) is 0 Å². The van der Waals surface area contributed by atoms with Gasteiger partial charge in [0.25, 0.3) is 5.91 Å². The topological polar surface area (TPSA) is 101 Å². The number of hydrogen-bond acceptors (Lipinski definition) is 6. The van der Waals surface area contributed by atoms with Crippen LogP contribution in [0.3, 0.4) is 0 Å². The van der Waals surface area contributed by atoms with Gasteiger partial charge in [0.05, 0.1) is 11.2 Å². The lowest BCUT2D eigenvalue weighted by Crippen LogP contribution is -2.18. The summed E-state index contributed by atoms with van der Waals surface area (Å²) in [4.78, 5) is 15.4. The molecule has 1 heterocycles. The van der Waals surface area contributed by atoms with Crippen LogP contribution in [0.25, 0.3) is 0 Å². The number of carbonyl (C=O) groups excluding carboxylic acids is 1. The van der Waals surface area contributed by atoms with Crippen LogP contribution < -0.4 is 11.2 Å². The average molecular weight is 331 g/mol. The zero-order valence-corrected chi connectivity index (χ0v) is 12.1. The number of hydrazone groups is 1. The number of aromatic hydroxyl groups is 1. The largest absolute Gasteiger partial charge is 0.506 e. The first kappa shape index (κ1) is 14.6. The van der Waals surface area contributed by atoms with Gasteiger partial charge in [0.1, 0.15) is 11.4 Å². The third kappa shape index (κ3) is 3.38. The van der Waals surface area contributed by atoms with Gasteiger partial charge in [0, 0.05) is 16.0 Å². The van der Waals surface area contributed by atoms with Crippen LogP contribution in [0.15, 0.2) is 22.6 Å². The molecule has 2 aromatic rings. The number of aromatic nitrogens is 1. The lowest BCUT2D eigenvalue weighted by atomic mass is 10.2. The van der Waals surface area contributed by atoms with Crippen LogP contribution in [0, 0.1) is 0 Å². The fourth-order valence-corrected chi connectivity index (χ4v) is 2.35. The number of amides is 1. The SMILES string of the molecule is Nc1nc(C(=O)N/N=C/c2cc(Cl)cc(Cl)c2O)cs1. The molecule has 1 amide bonds. The van der Waals surface area contributed by atoms with Crippen molar-refractivity contribution < 1.29 is 9.90 Å². The Labute approximate surface area is 127 Å². The van der Waals surface area contributed by atoms with Crippen molar-refractivity contribution >= 4 is 51.8 Å². The molecule has 0 saturated heterocycles. The van der Waals surface area contributed by atoms with Gasteiger partial charge in [-0.05, 0) is 12.1 Å². The number of anilines is 1. The van der Waals surface area contributed by atoms with Crippen molar-refractivity contribution in [3.63, 3.8) is 0 Å². The average Bonchev–Trinajstić information content (AvgIpc) is 2.81. The summed E-state index contributed by atoms with van der Waals surface area (Å²) in [6.07, 6.45) is 1.22. The van der Waals surface area contributed by atoms with Crippen molar-refractivity contribution in [2.45, 2.75) is 0 Å². The van der Waals surface area contributed by atoms with E-state index in [9.17, 15) is 9.90 Å².